The summed E-state index contributed by atoms with van der Waals surface area (Å²) in [6, 6.07) is 0.475. The summed E-state index contributed by atoms with van der Waals surface area (Å²) in [4.78, 5) is 20.8. The number of aromatic nitrogens is 3. The van der Waals surface area contributed by atoms with Crippen LogP contribution in [0, 0.1) is 0 Å². The van der Waals surface area contributed by atoms with Gasteiger partial charge in [-0.3, -0.25) is 14.8 Å². The minimum atomic E-state index is -0.0504. The first kappa shape index (κ1) is 14.0. The van der Waals surface area contributed by atoms with Crippen molar-refractivity contribution in [2.75, 3.05) is 26.2 Å². The Morgan fingerprint density at radius 1 is 1.42 bits per heavy atom. The number of rotatable bonds is 5. The number of aromatic amines is 1. The summed E-state index contributed by atoms with van der Waals surface area (Å²) in [5.41, 5.74) is 0. The van der Waals surface area contributed by atoms with Crippen molar-refractivity contribution < 1.29 is 4.79 Å². The first-order chi connectivity index (χ1) is 9.19. The van der Waals surface area contributed by atoms with Crippen molar-refractivity contribution in [1.82, 2.24) is 25.0 Å². The van der Waals surface area contributed by atoms with E-state index in [9.17, 15) is 4.79 Å². The number of likely N-dealkylation sites (N-methyl/N-ethyl adjacent to an activating group) is 1. The molecule has 1 saturated heterocycles. The maximum atomic E-state index is 12.3. The van der Waals surface area contributed by atoms with Crippen molar-refractivity contribution in [2.24, 2.45) is 0 Å². The molecule has 0 saturated carbocycles. The fourth-order valence-corrected chi connectivity index (χ4v) is 2.65. The summed E-state index contributed by atoms with van der Waals surface area (Å²) in [6.45, 7) is 9.97. The third-order valence-electron chi connectivity index (χ3n) is 3.84. The average Bonchev–Trinajstić information content (AvgIpc) is 3.08. The van der Waals surface area contributed by atoms with E-state index in [4.69, 9.17) is 0 Å². The number of aryl methyl sites for hydroxylation is 1. The van der Waals surface area contributed by atoms with Gasteiger partial charge < -0.3 is 4.90 Å². The number of nitrogens with zero attached hydrogens (tertiary/aromatic N) is 4. The van der Waals surface area contributed by atoms with E-state index in [1.165, 1.54) is 0 Å². The van der Waals surface area contributed by atoms with E-state index in [0.29, 0.717) is 11.9 Å². The van der Waals surface area contributed by atoms with Crippen LogP contribution in [0.4, 0.5) is 0 Å². The van der Waals surface area contributed by atoms with Crippen LogP contribution in [0.3, 0.4) is 0 Å². The van der Waals surface area contributed by atoms with Gasteiger partial charge in [0, 0.05) is 25.6 Å². The highest BCUT2D eigenvalue weighted by Gasteiger charge is 2.31. The third-order valence-corrected chi connectivity index (χ3v) is 3.84. The highest BCUT2D eigenvalue weighted by atomic mass is 16.2. The summed E-state index contributed by atoms with van der Waals surface area (Å²) < 4.78 is 0. The van der Waals surface area contributed by atoms with Gasteiger partial charge in [-0.1, -0.05) is 20.8 Å². The zero-order valence-electron chi connectivity index (χ0n) is 12.0. The summed E-state index contributed by atoms with van der Waals surface area (Å²) in [5, 5.41) is 6.80. The first-order valence-electron chi connectivity index (χ1n) is 7.14. The molecular weight excluding hydrogens is 242 g/mol. The van der Waals surface area contributed by atoms with E-state index in [-0.39, 0.29) is 5.91 Å². The minimum Gasteiger partial charge on any atom is -0.334 e. The molecule has 0 aromatic carbocycles. The van der Waals surface area contributed by atoms with Gasteiger partial charge in [-0.05, 0) is 19.5 Å². The number of H-pyrrole nitrogens is 1. The monoisotopic (exact) mass is 265 g/mol. The largest absolute Gasteiger partial charge is 0.334 e. The van der Waals surface area contributed by atoms with Crippen molar-refractivity contribution in [3.8, 4) is 0 Å². The second-order valence-corrected chi connectivity index (χ2v) is 4.87. The van der Waals surface area contributed by atoms with Gasteiger partial charge in [-0.2, -0.15) is 0 Å². The van der Waals surface area contributed by atoms with Crippen LogP contribution in [0.25, 0.3) is 0 Å². The molecule has 1 aromatic heterocycles. The fourth-order valence-electron chi connectivity index (χ4n) is 2.65. The number of hydrogen-bond acceptors (Lipinski definition) is 4. The molecule has 1 aliphatic rings. The van der Waals surface area contributed by atoms with E-state index in [2.05, 4.69) is 33.9 Å². The van der Waals surface area contributed by atoms with Gasteiger partial charge in [-0.25, -0.2) is 4.98 Å². The van der Waals surface area contributed by atoms with Crippen LogP contribution in [-0.2, 0) is 6.42 Å². The van der Waals surface area contributed by atoms with Gasteiger partial charge in [0.15, 0.2) is 0 Å². The topological polar surface area (TPSA) is 65.1 Å². The summed E-state index contributed by atoms with van der Waals surface area (Å²) in [6.07, 6.45) is 1.81. The van der Waals surface area contributed by atoms with E-state index in [1.54, 1.807) is 0 Å². The highest BCUT2D eigenvalue weighted by molar-refractivity contribution is 5.90. The lowest BCUT2D eigenvalue weighted by atomic mass is 10.2. The zero-order chi connectivity index (χ0) is 13.8. The molecule has 1 unspecified atom stereocenters. The summed E-state index contributed by atoms with van der Waals surface area (Å²) in [7, 11) is 0. The molecule has 0 aliphatic carbocycles. The molecule has 2 heterocycles. The van der Waals surface area contributed by atoms with Crippen molar-refractivity contribution in [3.63, 3.8) is 0 Å². The Morgan fingerprint density at radius 2 is 2.16 bits per heavy atom. The lowest BCUT2D eigenvalue weighted by molar-refractivity contribution is 0.0766. The van der Waals surface area contributed by atoms with Crippen molar-refractivity contribution in [2.45, 2.75) is 39.7 Å². The second kappa shape index (κ2) is 6.14. The number of amides is 1. The SMILES string of the molecule is CCc1nc(C(=O)N2CCC(N(CC)CC)C2)n[nH]1. The number of hydrogen-bond donors (Lipinski definition) is 1. The summed E-state index contributed by atoms with van der Waals surface area (Å²) >= 11 is 0. The number of likely N-dealkylation sites (tertiary alicyclic amines) is 1. The Labute approximate surface area is 114 Å². The first-order valence-corrected chi connectivity index (χ1v) is 7.14. The zero-order valence-corrected chi connectivity index (χ0v) is 12.0. The average molecular weight is 265 g/mol. The van der Waals surface area contributed by atoms with Crippen LogP contribution in [0.15, 0.2) is 0 Å². The molecule has 0 spiro atoms. The van der Waals surface area contributed by atoms with E-state index < -0.39 is 0 Å². The smallest absolute Gasteiger partial charge is 0.293 e. The molecule has 1 N–H and O–H groups in total. The minimum absolute atomic E-state index is 0.0504. The van der Waals surface area contributed by atoms with Gasteiger partial charge in [0.2, 0.25) is 5.82 Å². The van der Waals surface area contributed by atoms with Crippen LogP contribution < -0.4 is 0 Å². The van der Waals surface area contributed by atoms with Crippen molar-refractivity contribution >= 4 is 5.91 Å². The van der Waals surface area contributed by atoms with Crippen LogP contribution >= 0.6 is 0 Å². The molecule has 6 heteroatoms. The Bertz CT molecular complexity index is 426. The molecule has 106 valence electrons. The standard InChI is InChI=1S/C13H23N5O/c1-4-11-14-12(16-15-11)13(19)18-8-7-10(9-18)17(5-2)6-3/h10H,4-9H2,1-3H3,(H,14,15,16). The van der Waals surface area contributed by atoms with Gasteiger partial charge >= 0.3 is 0 Å². The van der Waals surface area contributed by atoms with Gasteiger partial charge in [-0.15, -0.1) is 5.10 Å². The van der Waals surface area contributed by atoms with Crippen LogP contribution in [0.5, 0.6) is 0 Å². The molecule has 0 radical (unpaired) electrons. The molecule has 1 fully saturated rings. The maximum Gasteiger partial charge on any atom is 0.293 e. The van der Waals surface area contributed by atoms with Crippen molar-refractivity contribution in [1.29, 1.82) is 0 Å². The Hall–Kier alpha value is -1.43. The molecule has 6 nitrogen and oxygen atoms in total. The summed E-state index contributed by atoms with van der Waals surface area (Å²) in [5.74, 6) is 1.02. The predicted octanol–water partition coefficient (Wildman–Crippen LogP) is 0.923. The van der Waals surface area contributed by atoms with Crippen LogP contribution in [-0.4, -0.2) is 63.1 Å². The van der Waals surface area contributed by atoms with Crippen LogP contribution in [0.1, 0.15) is 43.6 Å². The fraction of sp³-hybridized carbons (Fsp3) is 0.769. The van der Waals surface area contributed by atoms with Gasteiger partial charge in [0.1, 0.15) is 5.82 Å². The Morgan fingerprint density at radius 3 is 2.74 bits per heavy atom. The molecule has 2 rings (SSSR count). The second-order valence-electron chi connectivity index (χ2n) is 4.87. The molecule has 0 bridgehead atoms. The third kappa shape index (κ3) is 2.94. The number of nitrogens with one attached hydrogen (secondary N) is 1. The van der Waals surface area contributed by atoms with E-state index in [0.717, 1.165) is 44.8 Å². The maximum absolute atomic E-state index is 12.3. The quantitative estimate of drug-likeness (QED) is 0.860. The predicted molar refractivity (Wildman–Crippen MR) is 73.0 cm³/mol. The Kier molecular flexibility index (Phi) is 4.52. The lowest BCUT2D eigenvalue weighted by Crippen LogP contribution is -2.38. The Balaban J connectivity index is 1.98. The van der Waals surface area contributed by atoms with Gasteiger partial charge in [0.25, 0.3) is 5.91 Å². The molecule has 1 amide bonds. The lowest BCUT2D eigenvalue weighted by Gasteiger charge is -2.25. The van der Waals surface area contributed by atoms with Gasteiger partial charge in [0.05, 0.1) is 0 Å². The van der Waals surface area contributed by atoms with E-state index >= 15 is 0 Å². The van der Waals surface area contributed by atoms with Crippen LogP contribution in [0.2, 0.25) is 0 Å². The molecule has 1 atom stereocenters. The molecule has 1 aliphatic heterocycles. The normalized spacial score (nSPS) is 19.4. The number of carbonyl (C=O) groups excluding carboxylic acids is 1. The van der Waals surface area contributed by atoms with E-state index in [1.807, 2.05) is 11.8 Å². The molecule has 1 aromatic rings. The molecular formula is C13H23N5O. The highest BCUT2D eigenvalue weighted by Crippen LogP contribution is 2.17. The number of carbonyl (C=O) groups is 1. The van der Waals surface area contributed by atoms with Crippen molar-refractivity contribution in [3.05, 3.63) is 11.6 Å². The molecule has 19 heavy (non-hydrogen) atoms.